The molecule has 0 spiro atoms. The Balaban J connectivity index is 1.04. The third-order valence-corrected chi connectivity index (χ3v) is 15.2. The highest BCUT2D eigenvalue weighted by Crippen LogP contribution is 2.51. The summed E-state index contributed by atoms with van der Waals surface area (Å²) in [5.41, 5.74) is 13.7. The van der Waals surface area contributed by atoms with E-state index in [4.69, 9.17) is 0 Å². The molecule has 66 heavy (non-hydrogen) atoms. The number of aromatic nitrogens is 1. The van der Waals surface area contributed by atoms with E-state index < -0.39 is 0 Å². The summed E-state index contributed by atoms with van der Waals surface area (Å²) in [4.78, 5) is 0. The van der Waals surface area contributed by atoms with Crippen LogP contribution in [0.3, 0.4) is 0 Å². The fourth-order valence-corrected chi connectivity index (χ4v) is 12.5. The number of hydrogen-bond donors (Lipinski definition) is 0. The molecule has 0 saturated carbocycles. The van der Waals surface area contributed by atoms with E-state index in [2.05, 4.69) is 241 Å². The molecule has 0 unspecified atom stereocenters. The van der Waals surface area contributed by atoms with E-state index >= 15 is 0 Å². The Hall–Kier alpha value is -8.30. The topological polar surface area (TPSA) is 4.93 Å². The fraction of sp³-hybridized carbons (Fsp3) is 0. The Morgan fingerprint density at radius 2 is 0.727 bits per heavy atom. The van der Waals surface area contributed by atoms with E-state index in [0.717, 1.165) is 0 Å². The van der Waals surface area contributed by atoms with Crippen molar-refractivity contribution in [3.05, 3.63) is 237 Å². The van der Waals surface area contributed by atoms with Crippen molar-refractivity contribution in [2.45, 2.75) is 0 Å². The lowest BCUT2D eigenvalue weighted by Crippen LogP contribution is -1.99. The van der Waals surface area contributed by atoms with Crippen molar-refractivity contribution in [3.63, 3.8) is 0 Å². The maximum Gasteiger partial charge on any atom is 0.0619 e. The summed E-state index contributed by atoms with van der Waals surface area (Å²) in [7, 11) is 0. The maximum absolute atomic E-state index is 2.53. The number of thiophene rings is 1. The number of hydrogen-bond acceptors (Lipinski definition) is 1. The summed E-state index contributed by atoms with van der Waals surface area (Å²) in [5, 5.41) is 15.2. The summed E-state index contributed by atoms with van der Waals surface area (Å²) in [6.45, 7) is 0. The van der Waals surface area contributed by atoms with Gasteiger partial charge in [0.2, 0.25) is 0 Å². The average Bonchev–Trinajstić information content (AvgIpc) is 3.94. The molecule has 306 valence electrons. The monoisotopic (exact) mass is 853 g/mol. The molecule has 14 aromatic rings. The lowest BCUT2D eigenvalue weighted by molar-refractivity contribution is 1.21. The standard InChI is InChI=1S/C64H39NS/c1-3-19-40(20-4-1)42-37-38-57-55(39-42)43-23-15-16-35-56(43)65(57)63-50-30-13-11-28-48(50)61(49-29-12-14-31-51(49)63)53-33-17-34-54-62-52(32-18-36-58(62)66-64(53)54)60-46-26-9-7-24-44(46)59(41-21-5-2-6-22-41)45-25-8-10-27-47(45)60/h1-39H. The molecule has 0 aliphatic heterocycles. The summed E-state index contributed by atoms with van der Waals surface area (Å²) in [6.07, 6.45) is 0. The molecule has 0 radical (unpaired) electrons. The molecule has 0 N–H and O–H groups in total. The molecule has 2 heterocycles. The second-order valence-electron chi connectivity index (χ2n) is 17.4. The van der Waals surface area contributed by atoms with Crippen LogP contribution < -0.4 is 0 Å². The van der Waals surface area contributed by atoms with Crippen LogP contribution in [0.15, 0.2) is 237 Å². The van der Waals surface area contributed by atoms with Gasteiger partial charge in [-0.15, -0.1) is 11.3 Å². The van der Waals surface area contributed by atoms with Crippen molar-refractivity contribution in [2.24, 2.45) is 0 Å². The highest BCUT2D eigenvalue weighted by Gasteiger charge is 2.24. The zero-order chi connectivity index (χ0) is 43.3. The number of para-hydroxylation sites is 1. The van der Waals surface area contributed by atoms with Gasteiger partial charge in [0.15, 0.2) is 0 Å². The van der Waals surface area contributed by atoms with Gasteiger partial charge in [-0.1, -0.05) is 212 Å². The molecule has 0 saturated heterocycles. The highest BCUT2D eigenvalue weighted by atomic mass is 32.1. The van der Waals surface area contributed by atoms with Crippen LogP contribution >= 0.6 is 11.3 Å². The van der Waals surface area contributed by atoms with Gasteiger partial charge >= 0.3 is 0 Å². The van der Waals surface area contributed by atoms with Gasteiger partial charge in [-0.3, -0.25) is 0 Å². The van der Waals surface area contributed by atoms with Crippen LogP contribution in [0.25, 0.3) is 135 Å². The Kier molecular flexibility index (Phi) is 8.22. The first-order valence-corrected chi connectivity index (χ1v) is 23.6. The molecule has 2 aromatic heterocycles. The van der Waals surface area contributed by atoms with E-state index in [1.807, 2.05) is 11.3 Å². The minimum Gasteiger partial charge on any atom is -0.308 e. The molecule has 2 heteroatoms. The van der Waals surface area contributed by atoms with Gasteiger partial charge in [-0.05, 0) is 95.5 Å². The third kappa shape index (κ3) is 5.40. The molecule has 0 aliphatic rings. The van der Waals surface area contributed by atoms with Crippen LogP contribution in [0.4, 0.5) is 0 Å². The molecule has 0 fully saturated rings. The highest BCUT2D eigenvalue weighted by molar-refractivity contribution is 7.26. The Morgan fingerprint density at radius 3 is 1.36 bits per heavy atom. The Labute approximate surface area is 385 Å². The second-order valence-corrected chi connectivity index (χ2v) is 18.5. The van der Waals surface area contributed by atoms with Crippen molar-refractivity contribution in [1.82, 2.24) is 4.57 Å². The predicted molar refractivity (Wildman–Crippen MR) is 285 cm³/mol. The molecule has 0 amide bonds. The van der Waals surface area contributed by atoms with Crippen LogP contribution in [0, 0.1) is 0 Å². The molecule has 12 aromatic carbocycles. The van der Waals surface area contributed by atoms with E-state index in [9.17, 15) is 0 Å². The Bertz CT molecular complexity index is 4160. The fourth-order valence-electron chi connectivity index (χ4n) is 11.2. The first-order valence-electron chi connectivity index (χ1n) is 22.8. The van der Waals surface area contributed by atoms with Gasteiger partial charge in [-0.2, -0.15) is 0 Å². The lowest BCUT2D eigenvalue weighted by atomic mass is 9.85. The van der Waals surface area contributed by atoms with Gasteiger partial charge in [0.1, 0.15) is 0 Å². The number of benzene rings is 12. The lowest BCUT2D eigenvalue weighted by Gasteiger charge is -2.20. The Morgan fingerprint density at radius 1 is 0.273 bits per heavy atom. The summed E-state index contributed by atoms with van der Waals surface area (Å²) in [6, 6.07) is 87.6. The zero-order valence-electron chi connectivity index (χ0n) is 35.9. The van der Waals surface area contributed by atoms with Gasteiger partial charge < -0.3 is 4.57 Å². The van der Waals surface area contributed by atoms with E-state index in [1.165, 1.54) is 135 Å². The zero-order valence-corrected chi connectivity index (χ0v) is 36.7. The molecule has 0 aliphatic carbocycles. The quantitative estimate of drug-likeness (QED) is 0.152. The number of nitrogens with zero attached hydrogens (tertiary/aromatic N) is 1. The molecule has 0 atom stereocenters. The molecule has 1 nitrogen and oxygen atoms in total. The van der Waals surface area contributed by atoms with Crippen LogP contribution in [0.2, 0.25) is 0 Å². The summed E-state index contributed by atoms with van der Waals surface area (Å²) in [5.74, 6) is 0. The normalized spacial score (nSPS) is 11.9. The molecule has 0 bridgehead atoms. The second kappa shape index (κ2) is 14.6. The molecular weight excluding hydrogens is 815 g/mol. The third-order valence-electron chi connectivity index (χ3n) is 14.0. The van der Waals surface area contributed by atoms with E-state index in [-0.39, 0.29) is 0 Å². The minimum atomic E-state index is 1.20. The smallest absolute Gasteiger partial charge is 0.0619 e. The van der Waals surface area contributed by atoms with E-state index in [0.29, 0.717) is 0 Å². The van der Waals surface area contributed by atoms with Gasteiger partial charge in [0.25, 0.3) is 0 Å². The van der Waals surface area contributed by atoms with Crippen LogP contribution in [-0.4, -0.2) is 4.57 Å². The van der Waals surface area contributed by atoms with Crippen molar-refractivity contribution in [1.29, 1.82) is 0 Å². The SMILES string of the molecule is c1ccc(-c2ccc3c(c2)c2ccccc2n3-c2c3ccccc3c(-c3cccc4c3sc3cccc(-c5c6ccccc6c(-c6ccccc6)c6ccccc56)c34)c3ccccc23)cc1. The van der Waals surface area contributed by atoms with Crippen LogP contribution in [-0.2, 0) is 0 Å². The summed E-state index contributed by atoms with van der Waals surface area (Å²) >= 11 is 1.92. The number of fused-ring (bicyclic) bond motifs is 10. The van der Waals surface area contributed by atoms with E-state index in [1.54, 1.807) is 0 Å². The van der Waals surface area contributed by atoms with Gasteiger partial charge in [-0.25, -0.2) is 0 Å². The van der Waals surface area contributed by atoms with Gasteiger partial charge in [0, 0.05) is 47.3 Å². The van der Waals surface area contributed by atoms with Crippen LogP contribution in [0.1, 0.15) is 0 Å². The van der Waals surface area contributed by atoms with Crippen molar-refractivity contribution in [2.75, 3.05) is 0 Å². The van der Waals surface area contributed by atoms with Crippen molar-refractivity contribution >= 4 is 96.4 Å². The predicted octanol–water partition coefficient (Wildman–Crippen LogP) is 18.4. The van der Waals surface area contributed by atoms with Gasteiger partial charge in [0.05, 0.1) is 16.7 Å². The minimum absolute atomic E-state index is 1.20. The largest absolute Gasteiger partial charge is 0.308 e. The number of rotatable bonds is 5. The van der Waals surface area contributed by atoms with Crippen molar-refractivity contribution in [3.8, 4) is 50.2 Å². The first-order chi connectivity index (χ1) is 32.8. The summed E-state index contributed by atoms with van der Waals surface area (Å²) < 4.78 is 5.13. The van der Waals surface area contributed by atoms with Crippen molar-refractivity contribution < 1.29 is 0 Å². The maximum atomic E-state index is 2.53. The first kappa shape index (κ1) is 37.1. The molecular formula is C64H39NS. The average molecular weight is 854 g/mol. The van der Waals surface area contributed by atoms with Crippen LogP contribution in [0.5, 0.6) is 0 Å². The molecule has 14 rings (SSSR count).